The molecule has 0 fully saturated rings. The van der Waals surface area contributed by atoms with Crippen LogP contribution in [0.15, 0.2) is 45.3 Å². The quantitative estimate of drug-likeness (QED) is 0.792. The Morgan fingerprint density at radius 1 is 1.20 bits per heavy atom. The van der Waals surface area contributed by atoms with E-state index in [4.69, 9.17) is 4.74 Å². The maximum absolute atomic E-state index is 9.89. The summed E-state index contributed by atoms with van der Waals surface area (Å²) in [6, 6.07) is 11.9. The van der Waals surface area contributed by atoms with Crippen molar-refractivity contribution in [3.8, 4) is 5.75 Å². The molecule has 0 amide bonds. The van der Waals surface area contributed by atoms with Crippen LogP contribution in [-0.4, -0.2) is 11.9 Å². The lowest BCUT2D eigenvalue weighted by Gasteiger charge is -2.15. The number of hydrogen-bond acceptors (Lipinski definition) is 2. The second kappa shape index (κ2) is 6.79. The van der Waals surface area contributed by atoms with E-state index < -0.39 is 6.92 Å². The number of ether oxygens (including phenoxy) is 1. The van der Waals surface area contributed by atoms with Gasteiger partial charge in [-0.1, -0.05) is 46.5 Å². The topological polar surface area (TPSA) is 29.5 Å². The summed E-state index contributed by atoms with van der Waals surface area (Å²) in [5.41, 5.74) is 2.96. The fraction of sp³-hybridized carbons (Fsp3) is 0.200. The van der Waals surface area contributed by atoms with Crippen LogP contribution in [0.25, 0.3) is 0 Å². The molecule has 0 aliphatic heterocycles. The zero-order valence-corrected chi connectivity index (χ0v) is 14.5. The van der Waals surface area contributed by atoms with Gasteiger partial charge in [0.25, 0.3) is 0 Å². The normalized spacial score (nSPS) is 10.4. The summed E-state index contributed by atoms with van der Waals surface area (Å²) in [6.07, 6.45) is 0. The molecule has 104 valence electrons. The molecule has 2 nitrogen and oxygen atoms in total. The molecule has 2 aromatic rings. The van der Waals surface area contributed by atoms with Gasteiger partial charge >= 0.3 is 6.92 Å². The fourth-order valence-corrected chi connectivity index (χ4v) is 3.15. The molecule has 0 heterocycles. The van der Waals surface area contributed by atoms with Gasteiger partial charge in [-0.15, -0.1) is 0 Å². The van der Waals surface area contributed by atoms with E-state index in [1.165, 1.54) is 0 Å². The minimum absolute atomic E-state index is 0.459. The second-order valence-corrected chi connectivity index (χ2v) is 6.53. The van der Waals surface area contributed by atoms with E-state index in [1.807, 2.05) is 43.3 Å². The van der Waals surface area contributed by atoms with Crippen molar-refractivity contribution in [1.82, 2.24) is 0 Å². The molecule has 0 saturated heterocycles. The average Bonchev–Trinajstić information content (AvgIpc) is 2.36. The number of halogens is 2. The molecular weight excluding hydrogens is 383 g/mol. The predicted octanol–water partition coefficient (Wildman–Crippen LogP) is 3.92. The molecule has 0 aliphatic carbocycles. The zero-order chi connectivity index (χ0) is 14.7. The first kappa shape index (κ1) is 15.6. The third-order valence-electron chi connectivity index (χ3n) is 2.94. The first-order valence-electron chi connectivity index (χ1n) is 6.32. The number of hydrogen-bond donors (Lipinski definition) is 1. The van der Waals surface area contributed by atoms with Crippen LogP contribution >= 0.6 is 31.9 Å². The second-order valence-electron chi connectivity index (χ2n) is 4.76. The van der Waals surface area contributed by atoms with Gasteiger partial charge in [0, 0.05) is 4.47 Å². The fourth-order valence-electron chi connectivity index (χ4n) is 2.00. The molecule has 0 aliphatic rings. The SMILES string of the molecule is CB(O)c1cc(C)cc(Br)c1OCc1cccc(Br)c1. The Kier molecular flexibility index (Phi) is 5.30. The molecule has 5 heteroatoms. The molecule has 1 N–H and O–H groups in total. The van der Waals surface area contributed by atoms with Crippen molar-refractivity contribution in [3.63, 3.8) is 0 Å². The van der Waals surface area contributed by atoms with Gasteiger partial charge < -0.3 is 9.76 Å². The van der Waals surface area contributed by atoms with E-state index >= 15 is 0 Å². The Balaban J connectivity index is 2.25. The Bertz CT molecular complexity index is 615. The van der Waals surface area contributed by atoms with Gasteiger partial charge in [0.15, 0.2) is 0 Å². The van der Waals surface area contributed by atoms with Gasteiger partial charge in [0.1, 0.15) is 12.4 Å². The molecule has 0 spiro atoms. The summed E-state index contributed by atoms with van der Waals surface area (Å²) in [6.45, 7) is 3.63. The number of rotatable bonds is 4. The first-order valence-corrected chi connectivity index (χ1v) is 7.91. The van der Waals surface area contributed by atoms with Crippen LogP contribution in [0, 0.1) is 6.92 Å². The van der Waals surface area contributed by atoms with Crippen LogP contribution in [0.2, 0.25) is 6.82 Å². The van der Waals surface area contributed by atoms with Crippen LogP contribution in [0.3, 0.4) is 0 Å². The number of benzene rings is 2. The van der Waals surface area contributed by atoms with Crippen molar-refractivity contribution in [1.29, 1.82) is 0 Å². The van der Waals surface area contributed by atoms with Gasteiger partial charge in [0.05, 0.1) is 4.47 Å². The lowest BCUT2D eigenvalue weighted by atomic mass is 9.63. The summed E-state index contributed by atoms with van der Waals surface area (Å²) < 4.78 is 7.79. The van der Waals surface area contributed by atoms with E-state index in [-0.39, 0.29) is 0 Å². The van der Waals surface area contributed by atoms with Gasteiger partial charge in [-0.2, -0.15) is 0 Å². The highest BCUT2D eigenvalue weighted by molar-refractivity contribution is 9.10. The Morgan fingerprint density at radius 3 is 2.60 bits per heavy atom. The third-order valence-corrected chi connectivity index (χ3v) is 4.02. The van der Waals surface area contributed by atoms with Crippen molar-refractivity contribution < 1.29 is 9.76 Å². The van der Waals surface area contributed by atoms with Crippen LogP contribution in [0.5, 0.6) is 5.75 Å². The molecule has 0 bridgehead atoms. The third kappa shape index (κ3) is 3.87. The predicted molar refractivity (Wildman–Crippen MR) is 90.8 cm³/mol. The lowest BCUT2D eigenvalue weighted by Crippen LogP contribution is -2.28. The van der Waals surface area contributed by atoms with Crippen molar-refractivity contribution in [2.24, 2.45) is 0 Å². The largest absolute Gasteiger partial charge is 0.488 e. The average molecular weight is 398 g/mol. The Labute approximate surface area is 136 Å². The highest BCUT2D eigenvalue weighted by Gasteiger charge is 2.17. The molecule has 2 rings (SSSR count). The van der Waals surface area contributed by atoms with E-state index in [0.717, 1.165) is 25.5 Å². The smallest absolute Gasteiger partial charge is 0.324 e. The summed E-state index contributed by atoms with van der Waals surface area (Å²) >= 11 is 6.95. The summed E-state index contributed by atoms with van der Waals surface area (Å²) in [4.78, 5) is 0. The van der Waals surface area contributed by atoms with E-state index in [0.29, 0.717) is 12.4 Å². The van der Waals surface area contributed by atoms with Gasteiger partial charge in [-0.3, -0.25) is 0 Å². The standard InChI is InChI=1S/C15H15BBr2O2/c1-10-6-13(16(2)19)15(14(18)7-10)20-9-11-4-3-5-12(17)8-11/h3-8,19H,9H2,1-2H3. The minimum atomic E-state index is -0.566. The monoisotopic (exact) mass is 396 g/mol. The Hall–Kier alpha value is -0.775. The van der Waals surface area contributed by atoms with Gasteiger partial charge in [0.2, 0.25) is 0 Å². The van der Waals surface area contributed by atoms with Crippen LogP contribution in [0.1, 0.15) is 11.1 Å². The van der Waals surface area contributed by atoms with Crippen molar-refractivity contribution in [2.45, 2.75) is 20.4 Å². The van der Waals surface area contributed by atoms with Gasteiger partial charge in [-0.05, 0) is 52.1 Å². The van der Waals surface area contributed by atoms with E-state index in [1.54, 1.807) is 6.82 Å². The summed E-state index contributed by atoms with van der Waals surface area (Å²) in [7, 11) is 0. The molecule has 0 saturated carbocycles. The van der Waals surface area contributed by atoms with Crippen LogP contribution in [0.4, 0.5) is 0 Å². The molecule has 0 radical (unpaired) electrons. The first-order chi connectivity index (χ1) is 9.47. The number of aryl methyl sites for hydroxylation is 1. The van der Waals surface area contributed by atoms with Crippen molar-refractivity contribution in [3.05, 3.63) is 56.5 Å². The maximum atomic E-state index is 9.89. The van der Waals surface area contributed by atoms with Gasteiger partial charge in [-0.25, -0.2) is 0 Å². The molecule has 2 aromatic carbocycles. The summed E-state index contributed by atoms with van der Waals surface area (Å²) in [5.74, 6) is 0.700. The molecular formula is C15H15BBr2O2. The highest BCUT2D eigenvalue weighted by atomic mass is 79.9. The van der Waals surface area contributed by atoms with E-state index in [9.17, 15) is 5.02 Å². The summed E-state index contributed by atoms with van der Waals surface area (Å²) in [5, 5.41) is 9.89. The Morgan fingerprint density at radius 2 is 1.95 bits per heavy atom. The van der Waals surface area contributed by atoms with Crippen LogP contribution < -0.4 is 10.2 Å². The maximum Gasteiger partial charge on any atom is 0.324 e. The molecule has 0 atom stereocenters. The van der Waals surface area contributed by atoms with Crippen molar-refractivity contribution >= 4 is 44.2 Å². The minimum Gasteiger partial charge on any atom is -0.488 e. The zero-order valence-electron chi connectivity index (χ0n) is 11.4. The molecule has 0 unspecified atom stereocenters. The molecule has 0 aromatic heterocycles. The van der Waals surface area contributed by atoms with E-state index in [2.05, 4.69) is 31.9 Å². The lowest BCUT2D eigenvalue weighted by molar-refractivity contribution is 0.306. The highest BCUT2D eigenvalue weighted by Crippen LogP contribution is 2.26. The molecule has 20 heavy (non-hydrogen) atoms. The van der Waals surface area contributed by atoms with Crippen molar-refractivity contribution in [2.75, 3.05) is 0 Å². The van der Waals surface area contributed by atoms with Crippen LogP contribution in [-0.2, 0) is 6.61 Å².